The third-order valence-corrected chi connectivity index (χ3v) is 4.62. The lowest BCUT2D eigenvalue weighted by atomic mass is 9.78. The molecule has 0 radical (unpaired) electrons. The number of amides is 1. The first-order valence-electron chi connectivity index (χ1n) is 7.73. The van der Waals surface area contributed by atoms with Crippen LogP contribution >= 0.6 is 0 Å². The second-order valence-electron chi connectivity index (χ2n) is 6.12. The summed E-state index contributed by atoms with van der Waals surface area (Å²) in [7, 11) is 0. The Balaban J connectivity index is 1.78. The Bertz CT molecular complexity index is 482. The van der Waals surface area contributed by atoms with E-state index in [9.17, 15) is 4.79 Å². The second kappa shape index (κ2) is 6.12. The zero-order valence-electron chi connectivity index (χ0n) is 12.3. The highest BCUT2D eigenvalue weighted by Crippen LogP contribution is 2.37. The van der Waals surface area contributed by atoms with Gasteiger partial charge in [-0.05, 0) is 37.3 Å². The number of hydrogen-bond donors (Lipinski definition) is 1. The van der Waals surface area contributed by atoms with Gasteiger partial charge in [-0.25, -0.2) is 0 Å². The van der Waals surface area contributed by atoms with Crippen molar-refractivity contribution in [2.24, 2.45) is 11.1 Å². The fourth-order valence-electron chi connectivity index (χ4n) is 3.01. The predicted molar refractivity (Wildman–Crippen MR) is 79.3 cm³/mol. The standard InChI is InChI=1S/C16H23N3O2/c17-12-16(5-8-21-9-6-16)15(20)19(14-3-4-14)11-13-2-1-7-18-10-13/h1-2,7,10,14H,3-6,8-9,11-12,17H2. The normalized spacial score (nSPS) is 21.0. The summed E-state index contributed by atoms with van der Waals surface area (Å²) >= 11 is 0. The summed E-state index contributed by atoms with van der Waals surface area (Å²) in [6.07, 6.45) is 7.26. The zero-order chi connectivity index (χ0) is 14.7. The Kier molecular flexibility index (Phi) is 4.22. The Morgan fingerprint density at radius 3 is 2.76 bits per heavy atom. The average molecular weight is 289 g/mol. The maximum atomic E-state index is 13.1. The van der Waals surface area contributed by atoms with Gasteiger partial charge >= 0.3 is 0 Å². The van der Waals surface area contributed by atoms with Crippen molar-refractivity contribution < 1.29 is 9.53 Å². The fourth-order valence-corrected chi connectivity index (χ4v) is 3.01. The van der Waals surface area contributed by atoms with Crippen LogP contribution in [0.4, 0.5) is 0 Å². The van der Waals surface area contributed by atoms with Crippen LogP contribution in [-0.2, 0) is 16.1 Å². The first-order valence-corrected chi connectivity index (χ1v) is 7.73. The van der Waals surface area contributed by atoms with Crippen molar-refractivity contribution in [3.05, 3.63) is 30.1 Å². The molecular weight excluding hydrogens is 266 g/mol. The molecule has 1 saturated carbocycles. The number of hydrogen-bond acceptors (Lipinski definition) is 4. The van der Waals surface area contributed by atoms with Crippen LogP contribution in [0.1, 0.15) is 31.2 Å². The summed E-state index contributed by atoms with van der Waals surface area (Å²) in [5, 5.41) is 0. The van der Waals surface area contributed by atoms with Crippen LogP contribution in [0.25, 0.3) is 0 Å². The molecule has 0 atom stereocenters. The largest absolute Gasteiger partial charge is 0.381 e. The SMILES string of the molecule is NCC1(C(=O)N(Cc2cccnc2)C2CC2)CCOCC1. The highest BCUT2D eigenvalue weighted by molar-refractivity contribution is 5.83. The predicted octanol–water partition coefficient (Wildman–Crippen LogP) is 1.33. The molecule has 2 heterocycles. The Hall–Kier alpha value is -1.46. The van der Waals surface area contributed by atoms with Gasteiger partial charge in [0.2, 0.25) is 5.91 Å². The summed E-state index contributed by atoms with van der Waals surface area (Å²) in [6.45, 7) is 2.31. The van der Waals surface area contributed by atoms with Gasteiger partial charge in [-0.15, -0.1) is 0 Å². The quantitative estimate of drug-likeness (QED) is 0.888. The van der Waals surface area contributed by atoms with Gasteiger partial charge in [-0.1, -0.05) is 6.07 Å². The number of nitrogens with two attached hydrogens (primary N) is 1. The van der Waals surface area contributed by atoms with Gasteiger partial charge in [0.05, 0.1) is 5.41 Å². The van der Waals surface area contributed by atoms with Crippen LogP contribution in [0, 0.1) is 5.41 Å². The number of rotatable bonds is 5. The third-order valence-electron chi connectivity index (χ3n) is 4.62. The van der Waals surface area contributed by atoms with E-state index in [2.05, 4.69) is 4.98 Å². The lowest BCUT2D eigenvalue weighted by Crippen LogP contribution is -2.51. The van der Waals surface area contributed by atoms with Crippen molar-refractivity contribution in [1.29, 1.82) is 0 Å². The van der Waals surface area contributed by atoms with Gasteiger partial charge in [0, 0.05) is 44.7 Å². The van der Waals surface area contributed by atoms with Gasteiger partial charge in [0.1, 0.15) is 0 Å². The summed E-state index contributed by atoms with van der Waals surface area (Å²) in [4.78, 5) is 19.3. The monoisotopic (exact) mass is 289 g/mol. The number of carbonyl (C=O) groups excluding carboxylic acids is 1. The molecule has 2 aliphatic rings. The minimum Gasteiger partial charge on any atom is -0.381 e. The molecule has 1 amide bonds. The average Bonchev–Trinajstić information content (AvgIpc) is 3.38. The zero-order valence-corrected chi connectivity index (χ0v) is 12.3. The smallest absolute Gasteiger partial charge is 0.230 e. The van der Waals surface area contributed by atoms with E-state index in [4.69, 9.17) is 10.5 Å². The Labute approximate surface area is 125 Å². The van der Waals surface area contributed by atoms with Crippen molar-refractivity contribution in [3.8, 4) is 0 Å². The second-order valence-corrected chi connectivity index (χ2v) is 6.12. The molecule has 0 spiro atoms. The molecule has 5 nitrogen and oxygen atoms in total. The van der Waals surface area contributed by atoms with E-state index in [-0.39, 0.29) is 5.91 Å². The molecule has 0 aromatic carbocycles. The number of carbonyl (C=O) groups is 1. The van der Waals surface area contributed by atoms with Gasteiger partial charge in [-0.2, -0.15) is 0 Å². The van der Waals surface area contributed by atoms with E-state index < -0.39 is 5.41 Å². The molecule has 1 aliphatic heterocycles. The van der Waals surface area contributed by atoms with Gasteiger partial charge in [-0.3, -0.25) is 9.78 Å². The van der Waals surface area contributed by atoms with Crippen LogP contribution < -0.4 is 5.73 Å². The molecule has 3 rings (SSSR count). The summed E-state index contributed by atoms with van der Waals surface area (Å²) < 4.78 is 5.41. The maximum absolute atomic E-state index is 13.1. The van der Waals surface area contributed by atoms with E-state index >= 15 is 0 Å². The highest BCUT2D eigenvalue weighted by Gasteiger charge is 2.45. The van der Waals surface area contributed by atoms with E-state index in [1.54, 1.807) is 6.20 Å². The van der Waals surface area contributed by atoms with Crippen molar-refractivity contribution >= 4 is 5.91 Å². The van der Waals surface area contributed by atoms with Crippen LogP contribution in [0.2, 0.25) is 0 Å². The number of nitrogens with zero attached hydrogens (tertiary/aromatic N) is 2. The van der Waals surface area contributed by atoms with Crippen LogP contribution in [-0.4, -0.2) is 41.6 Å². The Morgan fingerprint density at radius 1 is 1.43 bits per heavy atom. The van der Waals surface area contributed by atoms with Crippen LogP contribution in [0.5, 0.6) is 0 Å². The molecule has 1 aromatic heterocycles. The van der Waals surface area contributed by atoms with E-state index in [0.717, 1.165) is 31.2 Å². The molecule has 0 unspecified atom stereocenters. The van der Waals surface area contributed by atoms with Crippen molar-refractivity contribution in [2.75, 3.05) is 19.8 Å². The summed E-state index contributed by atoms with van der Waals surface area (Å²) in [5.74, 6) is 0.208. The third kappa shape index (κ3) is 3.09. The fraction of sp³-hybridized carbons (Fsp3) is 0.625. The van der Waals surface area contributed by atoms with Gasteiger partial charge in [0.25, 0.3) is 0 Å². The Morgan fingerprint density at radius 2 is 2.19 bits per heavy atom. The molecule has 0 bridgehead atoms. The molecule has 21 heavy (non-hydrogen) atoms. The number of ether oxygens (including phenoxy) is 1. The van der Waals surface area contributed by atoms with E-state index in [0.29, 0.717) is 32.3 Å². The van der Waals surface area contributed by atoms with Crippen LogP contribution in [0.15, 0.2) is 24.5 Å². The minimum atomic E-state index is -0.428. The summed E-state index contributed by atoms with van der Waals surface area (Å²) in [6, 6.07) is 4.32. The highest BCUT2D eigenvalue weighted by atomic mass is 16.5. The van der Waals surface area contributed by atoms with Crippen molar-refractivity contribution in [2.45, 2.75) is 38.3 Å². The van der Waals surface area contributed by atoms with Gasteiger partial charge in [0.15, 0.2) is 0 Å². The molecule has 1 saturated heterocycles. The molecule has 1 aromatic rings. The van der Waals surface area contributed by atoms with Crippen molar-refractivity contribution in [1.82, 2.24) is 9.88 Å². The lowest BCUT2D eigenvalue weighted by Gasteiger charge is -2.39. The molecule has 5 heteroatoms. The van der Waals surface area contributed by atoms with E-state index in [1.165, 1.54) is 0 Å². The first kappa shape index (κ1) is 14.5. The maximum Gasteiger partial charge on any atom is 0.230 e. The molecule has 2 N–H and O–H groups in total. The van der Waals surface area contributed by atoms with E-state index in [1.807, 2.05) is 23.2 Å². The minimum absolute atomic E-state index is 0.208. The molecule has 2 fully saturated rings. The number of pyridine rings is 1. The van der Waals surface area contributed by atoms with Crippen LogP contribution in [0.3, 0.4) is 0 Å². The molecule has 1 aliphatic carbocycles. The number of aromatic nitrogens is 1. The first-order chi connectivity index (χ1) is 10.2. The van der Waals surface area contributed by atoms with Crippen molar-refractivity contribution in [3.63, 3.8) is 0 Å². The summed E-state index contributed by atoms with van der Waals surface area (Å²) in [5.41, 5.74) is 6.63. The molecular formula is C16H23N3O2. The molecule has 114 valence electrons. The lowest BCUT2D eigenvalue weighted by molar-refractivity contribution is -0.148. The topological polar surface area (TPSA) is 68.5 Å². The van der Waals surface area contributed by atoms with Gasteiger partial charge < -0.3 is 15.4 Å².